The molecule has 0 radical (unpaired) electrons. The van der Waals surface area contributed by atoms with Crippen LogP contribution in [0.1, 0.15) is 30.4 Å². The highest BCUT2D eigenvalue weighted by Gasteiger charge is 2.46. The highest BCUT2D eigenvalue weighted by molar-refractivity contribution is 6.35. The van der Waals surface area contributed by atoms with Crippen molar-refractivity contribution >= 4 is 29.1 Å². The molecule has 0 saturated carbocycles. The zero-order chi connectivity index (χ0) is 14.6. The molecule has 21 heavy (non-hydrogen) atoms. The van der Waals surface area contributed by atoms with Crippen molar-refractivity contribution in [2.24, 2.45) is 5.92 Å². The fourth-order valence-electron chi connectivity index (χ4n) is 3.93. The predicted molar refractivity (Wildman–Crippen MR) is 81.6 cm³/mol. The number of halogens is 2. The molecule has 0 aromatic heterocycles. The lowest BCUT2D eigenvalue weighted by atomic mass is 9.87. The highest BCUT2D eigenvalue weighted by atomic mass is 35.5. The lowest BCUT2D eigenvalue weighted by Gasteiger charge is -2.33. The zero-order valence-corrected chi connectivity index (χ0v) is 13.2. The van der Waals surface area contributed by atoms with E-state index in [1.165, 1.54) is 0 Å². The maximum Gasteiger partial charge on any atom is 0.228 e. The number of amides is 1. The molecule has 3 heterocycles. The molecule has 3 atom stereocenters. The van der Waals surface area contributed by atoms with E-state index in [1.807, 2.05) is 11.0 Å². The first-order chi connectivity index (χ1) is 10.1. The lowest BCUT2D eigenvalue weighted by molar-refractivity contribution is -0.138. The summed E-state index contributed by atoms with van der Waals surface area (Å²) in [5.41, 5.74) is 2.21. The summed E-state index contributed by atoms with van der Waals surface area (Å²) in [6, 6.07) is 3.71. The molecule has 0 N–H and O–H groups in total. The van der Waals surface area contributed by atoms with Crippen LogP contribution < -0.4 is 0 Å². The van der Waals surface area contributed by atoms with E-state index in [-0.39, 0.29) is 17.9 Å². The normalized spacial score (nSPS) is 30.6. The molecule has 0 aliphatic carbocycles. The first-order valence-electron chi connectivity index (χ1n) is 7.53. The summed E-state index contributed by atoms with van der Waals surface area (Å²) in [6.07, 6.45) is 4.30. The van der Waals surface area contributed by atoms with Crippen molar-refractivity contribution in [1.82, 2.24) is 4.90 Å². The van der Waals surface area contributed by atoms with Gasteiger partial charge in [0.2, 0.25) is 5.91 Å². The van der Waals surface area contributed by atoms with Crippen molar-refractivity contribution in [2.45, 2.75) is 44.4 Å². The van der Waals surface area contributed by atoms with Crippen molar-refractivity contribution in [1.29, 1.82) is 0 Å². The van der Waals surface area contributed by atoms with Crippen molar-refractivity contribution in [3.05, 3.63) is 33.3 Å². The van der Waals surface area contributed by atoms with Crippen LogP contribution in [0.2, 0.25) is 10.0 Å². The van der Waals surface area contributed by atoms with Crippen LogP contribution in [0.15, 0.2) is 12.1 Å². The topological polar surface area (TPSA) is 29.5 Å². The van der Waals surface area contributed by atoms with Gasteiger partial charge in [-0.1, -0.05) is 23.2 Å². The molecule has 1 aromatic carbocycles. The molecule has 4 rings (SSSR count). The molecule has 1 aromatic rings. The van der Waals surface area contributed by atoms with Gasteiger partial charge in [0, 0.05) is 23.1 Å². The maximum atomic E-state index is 12.7. The summed E-state index contributed by atoms with van der Waals surface area (Å²) in [6.45, 7) is 1.35. The van der Waals surface area contributed by atoms with Crippen LogP contribution >= 0.6 is 23.2 Å². The van der Waals surface area contributed by atoms with Gasteiger partial charge in [-0.25, -0.2) is 0 Å². The van der Waals surface area contributed by atoms with Gasteiger partial charge in [-0.3, -0.25) is 4.79 Å². The molecular formula is C16H17Cl2NO2. The number of carbonyl (C=O) groups excluding carboxylic acids is 1. The minimum Gasteiger partial charge on any atom is -0.374 e. The molecule has 2 saturated heterocycles. The summed E-state index contributed by atoms with van der Waals surface area (Å²) in [5, 5.41) is 1.35. The van der Waals surface area contributed by atoms with Gasteiger partial charge in [0.1, 0.15) is 0 Å². The Bertz CT molecular complexity index is 604. The zero-order valence-electron chi connectivity index (χ0n) is 11.6. The van der Waals surface area contributed by atoms with Gasteiger partial charge in [-0.15, -0.1) is 0 Å². The predicted octanol–water partition coefficient (Wildman–Crippen LogP) is 3.45. The Balaban J connectivity index is 1.54. The smallest absolute Gasteiger partial charge is 0.228 e. The standard InChI is InChI=1S/C16H17Cl2NO2/c17-10-5-9-8-19(4-3-12(9)14(18)6-10)16(20)13-7-11-1-2-15(13)21-11/h5-6,11,13,15H,1-4,7-8H2/t11-,13+,15+/m1/s1. The van der Waals surface area contributed by atoms with E-state index < -0.39 is 0 Å². The Morgan fingerprint density at radius 2 is 2.14 bits per heavy atom. The van der Waals surface area contributed by atoms with E-state index in [9.17, 15) is 4.79 Å². The van der Waals surface area contributed by atoms with E-state index in [4.69, 9.17) is 27.9 Å². The van der Waals surface area contributed by atoms with Gasteiger partial charge in [0.05, 0.1) is 18.1 Å². The average Bonchev–Trinajstić information content (AvgIpc) is 3.08. The van der Waals surface area contributed by atoms with Crippen molar-refractivity contribution in [2.75, 3.05) is 6.54 Å². The summed E-state index contributed by atoms with van der Waals surface area (Å²) in [4.78, 5) is 14.7. The molecule has 3 aliphatic rings. The van der Waals surface area contributed by atoms with Crippen molar-refractivity contribution < 1.29 is 9.53 Å². The largest absolute Gasteiger partial charge is 0.374 e. The van der Waals surface area contributed by atoms with E-state index in [1.54, 1.807) is 6.07 Å². The average molecular weight is 326 g/mol. The minimum atomic E-state index is 0.0555. The van der Waals surface area contributed by atoms with Crippen LogP contribution in [-0.4, -0.2) is 29.6 Å². The first kappa shape index (κ1) is 13.9. The maximum absolute atomic E-state index is 12.7. The Morgan fingerprint density at radius 3 is 2.86 bits per heavy atom. The number of hydrogen-bond acceptors (Lipinski definition) is 2. The number of ether oxygens (including phenoxy) is 1. The van der Waals surface area contributed by atoms with E-state index >= 15 is 0 Å². The Labute approximate surface area is 134 Å². The summed E-state index contributed by atoms with van der Waals surface area (Å²) in [7, 11) is 0. The lowest BCUT2D eigenvalue weighted by Crippen LogP contribution is -2.42. The number of rotatable bonds is 1. The molecule has 1 amide bonds. The van der Waals surface area contributed by atoms with E-state index in [0.717, 1.165) is 43.4 Å². The van der Waals surface area contributed by atoms with Gasteiger partial charge in [-0.2, -0.15) is 0 Å². The molecule has 3 aliphatic heterocycles. The number of benzene rings is 1. The fraction of sp³-hybridized carbons (Fsp3) is 0.562. The number of hydrogen-bond donors (Lipinski definition) is 0. The highest BCUT2D eigenvalue weighted by Crippen LogP contribution is 2.40. The third-order valence-electron chi connectivity index (χ3n) is 4.98. The second kappa shape index (κ2) is 5.15. The summed E-state index contributed by atoms with van der Waals surface area (Å²) in [5.74, 6) is 0.295. The van der Waals surface area contributed by atoms with E-state index in [0.29, 0.717) is 22.7 Å². The Kier molecular flexibility index (Phi) is 3.40. The monoisotopic (exact) mass is 325 g/mol. The van der Waals surface area contributed by atoms with Crippen LogP contribution in [0.5, 0.6) is 0 Å². The van der Waals surface area contributed by atoms with Gasteiger partial charge in [0.15, 0.2) is 0 Å². The Hall–Kier alpha value is -0.770. The van der Waals surface area contributed by atoms with Crippen LogP contribution in [-0.2, 0) is 22.5 Å². The van der Waals surface area contributed by atoms with Crippen molar-refractivity contribution in [3.8, 4) is 0 Å². The second-order valence-corrected chi connectivity index (χ2v) is 7.09. The third kappa shape index (κ3) is 2.36. The third-order valence-corrected chi connectivity index (χ3v) is 5.54. The molecule has 2 bridgehead atoms. The number of fused-ring (bicyclic) bond motifs is 3. The number of nitrogens with zero attached hydrogens (tertiary/aromatic N) is 1. The van der Waals surface area contributed by atoms with Crippen molar-refractivity contribution in [3.63, 3.8) is 0 Å². The molecule has 0 spiro atoms. The van der Waals surface area contributed by atoms with Crippen LogP contribution in [0.4, 0.5) is 0 Å². The quantitative estimate of drug-likeness (QED) is 0.791. The number of carbonyl (C=O) groups is 1. The molecule has 112 valence electrons. The van der Waals surface area contributed by atoms with Crippen LogP contribution in [0, 0.1) is 5.92 Å². The molecular weight excluding hydrogens is 309 g/mol. The van der Waals surface area contributed by atoms with Gasteiger partial charge in [-0.05, 0) is 48.9 Å². The van der Waals surface area contributed by atoms with Gasteiger partial charge < -0.3 is 9.64 Å². The summed E-state index contributed by atoms with van der Waals surface area (Å²) >= 11 is 12.3. The molecule has 2 fully saturated rings. The minimum absolute atomic E-state index is 0.0555. The SMILES string of the molecule is O=C([C@H]1C[C@H]2CC[C@@H]1O2)N1CCc2c(Cl)cc(Cl)cc2C1. The molecule has 0 unspecified atom stereocenters. The van der Waals surface area contributed by atoms with E-state index in [2.05, 4.69) is 0 Å². The molecule has 3 nitrogen and oxygen atoms in total. The molecule has 5 heteroatoms. The second-order valence-electron chi connectivity index (χ2n) is 6.25. The Morgan fingerprint density at radius 1 is 1.29 bits per heavy atom. The van der Waals surface area contributed by atoms with Gasteiger partial charge >= 0.3 is 0 Å². The van der Waals surface area contributed by atoms with Crippen LogP contribution in [0.3, 0.4) is 0 Å². The van der Waals surface area contributed by atoms with Gasteiger partial charge in [0.25, 0.3) is 0 Å². The van der Waals surface area contributed by atoms with Crippen LogP contribution in [0.25, 0.3) is 0 Å². The summed E-state index contributed by atoms with van der Waals surface area (Å²) < 4.78 is 5.81. The fourth-order valence-corrected chi connectivity index (χ4v) is 4.56. The first-order valence-corrected chi connectivity index (χ1v) is 8.28.